The zero-order chi connectivity index (χ0) is 14.4. The van der Waals surface area contributed by atoms with Crippen molar-refractivity contribution in [2.24, 2.45) is 0 Å². The van der Waals surface area contributed by atoms with Crippen LogP contribution in [0.2, 0.25) is 0 Å². The van der Waals surface area contributed by atoms with Gasteiger partial charge in [-0.3, -0.25) is 0 Å². The lowest BCUT2D eigenvalue weighted by molar-refractivity contribution is 0.508. The first kappa shape index (κ1) is 12.8. The number of hydrogen-bond acceptors (Lipinski definition) is 1. The second-order valence-electron chi connectivity index (χ2n) is 5.51. The largest absolute Gasteiger partial charge is 0.326 e. The van der Waals surface area contributed by atoms with Gasteiger partial charge in [0.2, 0.25) is 0 Å². The minimum Gasteiger partial charge on any atom is -0.326 e. The summed E-state index contributed by atoms with van der Waals surface area (Å²) in [4.78, 5) is 4.45. The predicted octanol–water partition coefficient (Wildman–Crippen LogP) is 4.25. The lowest BCUT2D eigenvalue weighted by Gasteiger charge is -2.31. The first-order chi connectivity index (χ1) is 10.3. The van der Waals surface area contributed by atoms with Gasteiger partial charge in [-0.05, 0) is 29.7 Å². The van der Waals surface area contributed by atoms with Crippen LogP contribution >= 0.6 is 11.6 Å². The number of alkyl halides is 1. The Morgan fingerprint density at radius 3 is 2.90 bits per heavy atom. The SMILES string of the molecule is Fc1ccc2c(c1)nc(CCl)n2CC1Cc2ccccc21. The molecule has 0 N–H and O–H groups in total. The van der Waals surface area contributed by atoms with Crippen LogP contribution in [0.4, 0.5) is 4.39 Å². The third-order valence-corrected chi connectivity index (χ3v) is 4.51. The highest BCUT2D eigenvalue weighted by Crippen LogP contribution is 2.37. The van der Waals surface area contributed by atoms with Crippen molar-refractivity contribution in [3.63, 3.8) is 0 Å². The second-order valence-corrected chi connectivity index (χ2v) is 5.77. The van der Waals surface area contributed by atoms with Gasteiger partial charge in [0.15, 0.2) is 0 Å². The Morgan fingerprint density at radius 2 is 2.10 bits per heavy atom. The molecule has 0 spiro atoms. The normalized spacial score (nSPS) is 16.8. The molecule has 1 aliphatic carbocycles. The molecule has 21 heavy (non-hydrogen) atoms. The van der Waals surface area contributed by atoms with Gasteiger partial charge in [-0.15, -0.1) is 11.6 Å². The van der Waals surface area contributed by atoms with Crippen molar-refractivity contribution < 1.29 is 4.39 Å². The van der Waals surface area contributed by atoms with Gasteiger partial charge in [-0.1, -0.05) is 24.3 Å². The Morgan fingerprint density at radius 1 is 1.24 bits per heavy atom. The van der Waals surface area contributed by atoms with Crippen LogP contribution in [0.3, 0.4) is 0 Å². The van der Waals surface area contributed by atoms with Gasteiger partial charge in [-0.2, -0.15) is 0 Å². The van der Waals surface area contributed by atoms with Crippen LogP contribution in [-0.4, -0.2) is 9.55 Å². The fourth-order valence-electron chi connectivity index (χ4n) is 3.20. The summed E-state index contributed by atoms with van der Waals surface area (Å²) in [5.41, 5.74) is 4.46. The van der Waals surface area contributed by atoms with Crippen LogP contribution in [0, 0.1) is 5.82 Å². The molecule has 106 valence electrons. The summed E-state index contributed by atoms with van der Waals surface area (Å²) in [6.07, 6.45) is 1.08. The molecule has 3 aromatic rings. The molecule has 1 heterocycles. The highest BCUT2D eigenvalue weighted by Gasteiger charge is 2.27. The monoisotopic (exact) mass is 300 g/mol. The standard InChI is InChI=1S/C17H14ClFN2/c18-9-17-20-15-8-13(19)5-6-16(15)21(17)10-12-7-11-3-1-2-4-14(11)12/h1-6,8,12H,7,9-10H2. The molecule has 2 nitrogen and oxygen atoms in total. The van der Waals surface area contributed by atoms with Gasteiger partial charge in [0.25, 0.3) is 0 Å². The van der Waals surface area contributed by atoms with E-state index in [4.69, 9.17) is 11.6 Å². The van der Waals surface area contributed by atoms with Crippen LogP contribution in [0.15, 0.2) is 42.5 Å². The van der Waals surface area contributed by atoms with E-state index in [1.165, 1.54) is 23.3 Å². The summed E-state index contributed by atoms with van der Waals surface area (Å²) in [7, 11) is 0. The minimum atomic E-state index is -0.262. The molecular formula is C17H14ClFN2. The molecule has 2 aromatic carbocycles. The van der Waals surface area contributed by atoms with E-state index >= 15 is 0 Å². The first-order valence-corrected chi connectivity index (χ1v) is 7.58. The van der Waals surface area contributed by atoms with Crippen molar-refractivity contribution in [3.05, 3.63) is 65.2 Å². The van der Waals surface area contributed by atoms with Gasteiger partial charge in [0, 0.05) is 18.5 Å². The summed E-state index contributed by atoms with van der Waals surface area (Å²) in [5, 5.41) is 0. The van der Waals surface area contributed by atoms with Gasteiger partial charge in [-0.25, -0.2) is 9.37 Å². The van der Waals surface area contributed by atoms with Crippen molar-refractivity contribution in [2.75, 3.05) is 0 Å². The van der Waals surface area contributed by atoms with E-state index in [0.29, 0.717) is 17.3 Å². The minimum absolute atomic E-state index is 0.262. The van der Waals surface area contributed by atoms with E-state index in [2.05, 4.69) is 33.8 Å². The Kier molecular flexibility index (Phi) is 2.96. The molecule has 4 rings (SSSR count). The Hall–Kier alpha value is -1.87. The number of hydrogen-bond donors (Lipinski definition) is 0. The van der Waals surface area contributed by atoms with Crippen LogP contribution in [0.25, 0.3) is 11.0 Å². The molecule has 1 aliphatic rings. The average Bonchev–Trinajstić information content (AvgIpc) is 2.81. The van der Waals surface area contributed by atoms with E-state index < -0.39 is 0 Å². The molecule has 0 amide bonds. The van der Waals surface area contributed by atoms with Crippen LogP contribution in [0.1, 0.15) is 22.9 Å². The molecule has 1 aromatic heterocycles. The summed E-state index contributed by atoms with van der Waals surface area (Å²) >= 11 is 6.01. The quantitative estimate of drug-likeness (QED) is 0.661. The predicted molar refractivity (Wildman–Crippen MR) is 82.1 cm³/mol. The maximum atomic E-state index is 13.3. The third-order valence-electron chi connectivity index (χ3n) is 4.27. The fraction of sp³-hybridized carbons (Fsp3) is 0.235. The van der Waals surface area contributed by atoms with Gasteiger partial charge >= 0.3 is 0 Å². The molecule has 0 saturated heterocycles. The van der Waals surface area contributed by atoms with Crippen molar-refractivity contribution in [1.29, 1.82) is 0 Å². The van der Waals surface area contributed by atoms with Crippen molar-refractivity contribution in [2.45, 2.75) is 24.8 Å². The number of imidazole rings is 1. The van der Waals surface area contributed by atoms with Gasteiger partial charge in [0.05, 0.1) is 16.9 Å². The molecule has 0 radical (unpaired) electrons. The highest BCUT2D eigenvalue weighted by atomic mass is 35.5. The number of aromatic nitrogens is 2. The average molecular weight is 301 g/mol. The molecule has 0 fully saturated rings. The molecule has 1 unspecified atom stereocenters. The lowest BCUT2D eigenvalue weighted by Crippen LogP contribution is -2.22. The molecule has 0 aliphatic heterocycles. The van der Waals surface area contributed by atoms with Gasteiger partial charge in [0.1, 0.15) is 11.6 Å². The highest BCUT2D eigenvalue weighted by molar-refractivity contribution is 6.16. The summed E-state index contributed by atoms with van der Waals surface area (Å²) < 4.78 is 15.5. The summed E-state index contributed by atoms with van der Waals surface area (Å²) in [6, 6.07) is 13.3. The second kappa shape index (κ2) is 4.85. The maximum absolute atomic E-state index is 13.3. The van der Waals surface area contributed by atoms with Gasteiger partial charge < -0.3 is 4.57 Å². The van der Waals surface area contributed by atoms with Crippen LogP contribution < -0.4 is 0 Å². The smallest absolute Gasteiger partial charge is 0.125 e. The molecular weight excluding hydrogens is 287 g/mol. The maximum Gasteiger partial charge on any atom is 0.125 e. The Balaban J connectivity index is 1.74. The van der Waals surface area contributed by atoms with Crippen molar-refractivity contribution in [1.82, 2.24) is 9.55 Å². The number of halogens is 2. The number of benzene rings is 2. The number of fused-ring (bicyclic) bond motifs is 2. The zero-order valence-corrected chi connectivity index (χ0v) is 12.1. The zero-order valence-electron chi connectivity index (χ0n) is 11.4. The third kappa shape index (κ3) is 2.04. The topological polar surface area (TPSA) is 17.8 Å². The first-order valence-electron chi connectivity index (χ1n) is 7.04. The number of nitrogens with zero attached hydrogens (tertiary/aromatic N) is 2. The van der Waals surface area contributed by atoms with E-state index in [1.807, 2.05) is 0 Å². The van der Waals surface area contributed by atoms with Crippen molar-refractivity contribution >= 4 is 22.6 Å². The molecule has 4 heteroatoms. The molecule has 1 atom stereocenters. The molecule has 0 bridgehead atoms. The Labute approximate surface area is 127 Å². The van der Waals surface area contributed by atoms with Crippen LogP contribution in [0.5, 0.6) is 0 Å². The fourth-order valence-corrected chi connectivity index (χ4v) is 3.41. The van der Waals surface area contributed by atoms with Crippen molar-refractivity contribution in [3.8, 4) is 0 Å². The number of rotatable bonds is 3. The molecule has 0 saturated carbocycles. The summed E-state index contributed by atoms with van der Waals surface area (Å²) in [6.45, 7) is 0.848. The van der Waals surface area contributed by atoms with Crippen LogP contribution in [-0.2, 0) is 18.8 Å². The Bertz CT molecular complexity index is 825. The lowest BCUT2D eigenvalue weighted by atomic mass is 9.77. The van der Waals surface area contributed by atoms with E-state index in [9.17, 15) is 4.39 Å². The van der Waals surface area contributed by atoms with E-state index in [0.717, 1.165) is 24.3 Å². The summed E-state index contributed by atoms with van der Waals surface area (Å²) in [5.74, 6) is 1.37. The van der Waals surface area contributed by atoms with E-state index in [-0.39, 0.29) is 5.82 Å². The van der Waals surface area contributed by atoms with E-state index in [1.54, 1.807) is 6.07 Å².